The van der Waals surface area contributed by atoms with Crippen LogP contribution < -0.4 is 20.4 Å². The third kappa shape index (κ3) is 7.21. The molecule has 0 radical (unpaired) electrons. The first-order valence-corrected chi connectivity index (χ1v) is 16.7. The maximum Gasteiger partial charge on any atom is 0.323 e. The minimum Gasteiger partial charge on any atom is -0.378 e. The van der Waals surface area contributed by atoms with Crippen molar-refractivity contribution in [1.29, 1.82) is 0 Å². The van der Waals surface area contributed by atoms with Crippen molar-refractivity contribution in [3.63, 3.8) is 0 Å². The Morgan fingerprint density at radius 3 is 1.88 bits per heavy atom. The van der Waals surface area contributed by atoms with E-state index in [2.05, 4.69) is 39.4 Å². The Morgan fingerprint density at radius 2 is 1.29 bits per heavy atom. The highest BCUT2D eigenvalue weighted by molar-refractivity contribution is 6.00. The standard InChI is InChI=1S/C34H43N9O5/c1-40(2)27-11-13-41(14-12-27)31(44)24-5-9-26(10-6-24)36-34(45)35-25-7-3-23(4-8-25)30-37-32(42-15-17-46-18-16-42)39-33(38-30)43-28-19-47-21-29(43)22-48-20-28/h3-10,27-29H,11-22H2,1-2H3,(H2,35,36,45). The van der Waals surface area contributed by atoms with Crippen LogP contribution in [0.25, 0.3) is 11.4 Å². The molecule has 0 atom stereocenters. The second-order valence-corrected chi connectivity index (χ2v) is 12.9. The van der Waals surface area contributed by atoms with Crippen LogP contribution >= 0.6 is 0 Å². The Balaban J connectivity index is 1.00. The number of nitrogens with zero attached hydrogens (tertiary/aromatic N) is 7. The molecule has 0 saturated carbocycles. The molecule has 4 saturated heterocycles. The Kier molecular flexibility index (Phi) is 9.66. The van der Waals surface area contributed by atoms with Gasteiger partial charge in [-0.25, -0.2) is 4.79 Å². The van der Waals surface area contributed by atoms with Crippen LogP contribution in [-0.4, -0.2) is 135 Å². The zero-order chi connectivity index (χ0) is 33.0. The topological polar surface area (TPSA) is 138 Å². The molecule has 2 aromatic carbocycles. The number of ether oxygens (including phenoxy) is 3. The zero-order valence-electron chi connectivity index (χ0n) is 27.5. The molecule has 4 aliphatic rings. The average Bonchev–Trinajstić information content (AvgIpc) is 3.12. The number of benzene rings is 2. The second-order valence-electron chi connectivity index (χ2n) is 12.9. The SMILES string of the molecule is CN(C)C1CCN(C(=O)c2ccc(NC(=O)Nc3ccc(-c4nc(N5CCOCC5)nc(N5C6COCC5COC6)n4)cc3)cc2)CC1. The number of hydrogen-bond donors (Lipinski definition) is 2. The zero-order valence-corrected chi connectivity index (χ0v) is 27.5. The lowest BCUT2D eigenvalue weighted by molar-refractivity contribution is -0.0355. The first-order chi connectivity index (χ1) is 23.4. The van der Waals surface area contributed by atoms with E-state index in [1.165, 1.54) is 0 Å². The largest absolute Gasteiger partial charge is 0.378 e. The van der Waals surface area contributed by atoms with Crippen molar-refractivity contribution >= 4 is 35.2 Å². The molecule has 3 amide bonds. The van der Waals surface area contributed by atoms with Crippen LogP contribution in [0.5, 0.6) is 0 Å². The molecule has 5 heterocycles. The number of piperidine rings is 1. The summed E-state index contributed by atoms with van der Waals surface area (Å²) < 4.78 is 17.2. The van der Waals surface area contributed by atoms with Crippen LogP contribution in [-0.2, 0) is 14.2 Å². The van der Waals surface area contributed by atoms with Crippen LogP contribution in [0.2, 0.25) is 0 Å². The van der Waals surface area contributed by atoms with E-state index >= 15 is 0 Å². The van der Waals surface area contributed by atoms with E-state index in [1.54, 1.807) is 24.3 Å². The number of morpholine rings is 3. The number of urea groups is 1. The van der Waals surface area contributed by atoms with Crippen molar-refractivity contribution in [3.05, 3.63) is 54.1 Å². The fraction of sp³-hybridized carbons (Fsp3) is 0.500. The summed E-state index contributed by atoms with van der Waals surface area (Å²) in [5.41, 5.74) is 2.63. The minimum absolute atomic E-state index is 0.0208. The van der Waals surface area contributed by atoms with E-state index in [4.69, 9.17) is 29.2 Å². The van der Waals surface area contributed by atoms with Gasteiger partial charge in [-0.05, 0) is 75.5 Å². The van der Waals surface area contributed by atoms with E-state index in [9.17, 15) is 9.59 Å². The number of likely N-dealkylation sites (tertiary alicyclic amines) is 1. The molecule has 0 unspecified atom stereocenters. The number of aromatic nitrogens is 3. The van der Waals surface area contributed by atoms with Gasteiger partial charge in [-0.1, -0.05) is 0 Å². The number of amides is 3. The molecule has 14 heteroatoms. The van der Waals surface area contributed by atoms with Crippen LogP contribution in [0, 0.1) is 0 Å². The predicted octanol–water partition coefficient (Wildman–Crippen LogP) is 2.79. The first-order valence-electron chi connectivity index (χ1n) is 16.7. The molecule has 2 N–H and O–H groups in total. The number of carbonyl (C=O) groups excluding carboxylic acids is 2. The van der Waals surface area contributed by atoms with Gasteiger partial charge in [0, 0.05) is 54.7 Å². The molecule has 0 aliphatic carbocycles. The summed E-state index contributed by atoms with van der Waals surface area (Å²) in [5.74, 6) is 1.81. The number of fused-ring (bicyclic) bond motifs is 2. The van der Waals surface area contributed by atoms with E-state index in [0.29, 0.717) is 93.4 Å². The van der Waals surface area contributed by atoms with Gasteiger partial charge < -0.3 is 44.4 Å². The summed E-state index contributed by atoms with van der Waals surface area (Å²) in [6.07, 6.45) is 1.94. The monoisotopic (exact) mass is 657 g/mol. The highest BCUT2D eigenvalue weighted by atomic mass is 16.5. The normalized spacial score (nSPS) is 21.7. The number of anilines is 4. The van der Waals surface area contributed by atoms with E-state index in [0.717, 1.165) is 31.5 Å². The quantitative estimate of drug-likeness (QED) is 0.388. The Hall–Kier alpha value is -4.37. The van der Waals surface area contributed by atoms with E-state index in [1.807, 2.05) is 29.2 Å². The molecule has 4 fully saturated rings. The molecule has 254 valence electrons. The second kappa shape index (κ2) is 14.4. The van der Waals surface area contributed by atoms with E-state index < -0.39 is 0 Å². The third-order valence-electron chi connectivity index (χ3n) is 9.44. The maximum atomic E-state index is 13.0. The summed E-state index contributed by atoms with van der Waals surface area (Å²) in [4.78, 5) is 49.0. The summed E-state index contributed by atoms with van der Waals surface area (Å²) in [7, 11) is 4.17. The van der Waals surface area contributed by atoms with Gasteiger partial charge in [0.25, 0.3) is 5.91 Å². The molecule has 48 heavy (non-hydrogen) atoms. The van der Waals surface area contributed by atoms with Gasteiger partial charge in [-0.3, -0.25) is 4.79 Å². The van der Waals surface area contributed by atoms with Gasteiger partial charge in [-0.15, -0.1) is 0 Å². The number of carbonyl (C=O) groups is 2. The summed E-state index contributed by atoms with van der Waals surface area (Å²) in [6.45, 7) is 6.38. The van der Waals surface area contributed by atoms with Crippen LogP contribution in [0.4, 0.5) is 28.1 Å². The van der Waals surface area contributed by atoms with Crippen LogP contribution in [0.1, 0.15) is 23.2 Å². The van der Waals surface area contributed by atoms with Crippen LogP contribution in [0.3, 0.4) is 0 Å². The van der Waals surface area contributed by atoms with Gasteiger partial charge >= 0.3 is 6.03 Å². The number of nitrogens with one attached hydrogen (secondary N) is 2. The highest BCUT2D eigenvalue weighted by Crippen LogP contribution is 2.29. The molecular formula is C34H43N9O5. The molecule has 0 spiro atoms. The Morgan fingerprint density at radius 1 is 0.729 bits per heavy atom. The minimum atomic E-state index is -0.384. The smallest absolute Gasteiger partial charge is 0.323 e. The van der Waals surface area contributed by atoms with Crippen molar-refractivity contribution in [2.24, 2.45) is 0 Å². The van der Waals surface area contributed by atoms with Gasteiger partial charge in [0.05, 0.1) is 51.7 Å². The van der Waals surface area contributed by atoms with Gasteiger partial charge in [0.15, 0.2) is 5.82 Å². The first kappa shape index (κ1) is 32.2. The maximum absolute atomic E-state index is 13.0. The lowest BCUT2D eigenvalue weighted by atomic mass is 10.0. The molecule has 4 aliphatic heterocycles. The average molecular weight is 658 g/mol. The number of rotatable bonds is 7. The summed E-state index contributed by atoms with van der Waals surface area (Å²) in [6, 6.07) is 14.7. The van der Waals surface area contributed by atoms with Crippen LogP contribution in [0.15, 0.2) is 48.5 Å². The van der Waals surface area contributed by atoms with Gasteiger partial charge in [-0.2, -0.15) is 15.0 Å². The third-order valence-corrected chi connectivity index (χ3v) is 9.44. The van der Waals surface area contributed by atoms with Crippen molar-refractivity contribution in [2.75, 3.05) is 100 Å². The fourth-order valence-corrected chi connectivity index (χ4v) is 6.69. The van der Waals surface area contributed by atoms with E-state index in [-0.39, 0.29) is 24.0 Å². The molecule has 1 aromatic heterocycles. The summed E-state index contributed by atoms with van der Waals surface area (Å²) in [5, 5.41) is 5.74. The number of hydrogen-bond acceptors (Lipinski definition) is 11. The Labute approximate surface area is 280 Å². The summed E-state index contributed by atoms with van der Waals surface area (Å²) >= 11 is 0. The molecule has 7 rings (SSSR count). The van der Waals surface area contributed by atoms with Crippen molar-refractivity contribution in [1.82, 2.24) is 24.8 Å². The predicted molar refractivity (Wildman–Crippen MR) is 182 cm³/mol. The lowest BCUT2D eigenvalue weighted by Gasteiger charge is -2.45. The van der Waals surface area contributed by atoms with Crippen molar-refractivity contribution in [2.45, 2.75) is 31.0 Å². The molecule has 3 aromatic rings. The van der Waals surface area contributed by atoms with Gasteiger partial charge in [0.1, 0.15) is 0 Å². The molecular weight excluding hydrogens is 614 g/mol. The fourth-order valence-electron chi connectivity index (χ4n) is 6.69. The lowest BCUT2D eigenvalue weighted by Crippen LogP contribution is -2.60. The highest BCUT2D eigenvalue weighted by Gasteiger charge is 2.38. The van der Waals surface area contributed by atoms with Crippen molar-refractivity contribution in [3.8, 4) is 11.4 Å². The van der Waals surface area contributed by atoms with Crippen molar-refractivity contribution < 1.29 is 23.8 Å². The Bertz CT molecular complexity index is 1550. The van der Waals surface area contributed by atoms with Gasteiger partial charge in [0.2, 0.25) is 11.9 Å². The molecule has 2 bridgehead atoms. The molecule has 14 nitrogen and oxygen atoms in total.